The van der Waals surface area contributed by atoms with Gasteiger partial charge in [0.05, 0.1) is 5.69 Å². The van der Waals surface area contributed by atoms with Crippen LogP contribution in [0, 0.1) is 5.92 Å². The van der Waals surface area contributed by atoms with Crippen molar-refractivity contribution in [2.24, 2.45) is 5.92 Å². The van der Waals surface area contributed by atoms with Crippen molar-refractivity contribution in [3.63, 3.8) is 0 Å². The first-order valence-corrected chi connectivity index (χ1v) is 9.05. The van der Waals surface area contributed by atoms with Crippen LogP contribution in [-0.2, 0) is 11.3 Å². The molecule has 0 bridgehead atoms. The first kappa shape index (κ1) is 18.2. The van der Waals surface area contributed by atoms with E-state index in [2.05, 4.69) is 20.9 Å². The molecule has 1 aromatic heterocycles. The predicted molar refractivity (Wildman–Crippen MR) is 102 cm³/mol. The molecule has 0 spiro atoms. The SMILES string of the molecule is O=C(NCc1cccc(NC(=O)C2CCCC2)c1)Nc1cccnc1Cl. The number of nitrogens with zero attached hydrogens (tertiary/aromatic N) is 1. The van der Waals surface area contributed by atoms with Gasteiger partial charge in [-0.3, -0.25) is 4.79 Å². The Morgan fingerprint density at radius 1 is 1.12 bits per heavy atom. The fourth-order valence-corrected chi connectivity index (χ4v) is 3.19. The van der Waals surface area contributed by atoms with Crippen molar-refractivity contribution < 1.29 is 9.59 Å². The molecule has 1 saturated carbocycles. The Morgan fingerprint density at radius 3 is 2.69 bits per heavy atom. The lowest BCUT2D eigenvalue weighted by Gasteiger charge is -2.12. The summed E-state index contributed by atoms with van der Waals surface area (Å²) in [5, 5.41) is 8.61. The highest BCUT2D eigenvalue weighted by Gasteiger charge is 2.22. The lowest BCUT2D eigenvalue weighted by molar-refractivity contribution is -0.119. The van der Waals surface area contributed by atoms with Crippen molar-refractivity contribution in [3.05, 3.63) is 53.3 Å². The van der Waals surface area contributed by atoms with Gasteiger partial charge in [-0.25, -0.2) is 9.78 Å². The summed E-state index contributed by atoms with van der Waals surface area (Å²) in [4.78, 5) is 28.1. The second kappa shape index (κ2) is 8.67. The number of benzene rings is 1. The average Bonchev–Trinajstić information content (AvgIpc) is 3.17. The lowest BCUT2D eigenvalue weighted by atomic mass is 10.1. The number of carbonyl (C=O) groups excluding carboxylic acids is 2. The summed E-state index contributed by atoms with van der Waals surface area (Å²) in [5.74, 6) is 0.198. The van der Waals surface area contributed by atoms with Gasteiger partial charge in [0.2, 0.25) is 5.91 Å². The van der Waals surface area contributed by atoms with Crippen molar-refractivity contribution in [3.8, 4) is 0 Å². The normalized spacial score (nSPS) is 14.0. The molecule has 0 unspecified atom stereocenters. The summed E-state index contributed by atoms with van der Waals surface area (Å²) in [7, 11) is 0. The second-order valence-electron chi connectivity index (χ2n) is 6.32. The molecule has 3 amide bonds. The van der Waals surface area contributed by atoms with Gasteiger partial charge >= 0.3 is 6.03 Å². The molecular weight excluding hydrogens is 352 g/mol. The summed E-state index contributed by atoms with van der Waals surface area (Å²) in [6.45, 7) is 0.330. The van der Waals surface area contributed by atoms with Gasteiger partial charge < -0.3 is 16.0 Å². The number of hydrogen-bond donors (Lipinski definition) is 3. The van der Waals surface area contributed by atoms with Crippen molar-refractivity contribution in [2.75, 3.05) is 10.6 Å². The third kappa shape index (κ3) is 4.95. The lowest BCUT2D eigenvalue weighted by Crippen LogP contribution is -2.28. The van der Waals surface area contributed by atoms with E-state index >= 15 is 0 Å². The van der Waals surface area contributed by atoms with Crippen molar-refractivity contribution >= 4 is 34.9 Å². The van der Waals surface area contributed by atoms with Crippen molar-refractivity contribution in [2.45, 2.75) is 32.2 Å². The van der Waals surface area contributed by atoms with E-state index in [-0.39, 0.29) is 23.0 Å². The summed E-state index contributed by atoms with van der Waals surface area (Å²) < 4.78 is 0. The summed E-state index contributed by atoms with van der Waals surface area (Å²) in [6, 6.07) is 10.5. The number of nitrogens with one attached hydrogen (secondary N) is 3. The van der Waals surface area contributed by atoms with Crippen molar-refractivity contribution in [1.82, 2.24) is 10.3 Å². The summed E-state index contributed by atoms with van der Waals surface area (Å²) >= 11 is 5.91. The van der Waals surface area contributed by atoms with Crippen molar-refractivity contribution in [1.29, 1.82) is 0 Å². The van der Waals surface area contributed by atoms with Crippen LogP contribution < -0.4 is 16.0 Å². The molecule has 0 atom stereocenters. The van der Waals surface area contributed by atoms with Crippen LogP contribution in [0.15, 0.2) is 42.6 Å². The zero-order chi connectivity index (χ0) is 18.4. The Kier molecular flexibility index (Phi) is 6.07. The Balaban J connectivity index is 1.52. The van der Waals surface area contributed by atoms with Gasteiger partial charge in [-0.1, -0.05) is 36.6 Å². The van der Waals surface area contributed by atoms with Crippen LogP contribution in [0.1, 0.15) is 31.2 Å². The summed E-state index contributed by atoms with van der Waals surface area (Å²) in [6.07, 6.45) is 5.72. The minimum absolute atomic E-state index is 0.0802. The van der Waals surface area contributed by atoms with Gasteiger partial charge in [0.1, 0.15) is 0 Å². The highest BCUT2D eigenvalue weighted by Crippen LogP contribution is 2.26. The van der Waals surface area contributed by atoms with Gasteiger partial charge in [-0.2, -0.15) is 0 Å². The van der Waals surface area contributed by atoms with E-state index in [1.165, 1.54) is 0 Å². The number of hydrogen-bond acceptors (Lipinski definition) is 3. The van der Waals surface area contributed by atoms with Gasteiger partial charge in [0, 0.05) is 24.3 Å². The number of halogens is 1. The molecule has 1 aromatic carbocycles. The topological polar surface area (TPSA) is 83.1 Å². The van der Waals surface area contributed by atoms with Crippen LogP contribution in [-0.4, -0.2) is 16.9 Å². The zero-order valence-corrected chi connectivity index (χ0v) is 15.1. The Hall–Kier alpha value is -2.60. The predicted octanol–water partition coefficient (Wildman–Crippen LogP) is 4.19. The van der Waals surface area contributed by atoms with Gasteiger partial charge in [0.25, 0.3) is 0 Å². The average molecular weight is 373 g/mol. The first-order chi connectivity index (χ1) is 12.6. The summed E-state index contributed by atoms with van der Waals surface area (Å²) in [5.41, 5.74) is 2.09. The largest absolute Gasteiger partial charge is 0.334 e. The minimum Gasteiger partial charge on any atom is -0.334 e. The smallest absolute Gasteiger partial charge is 0.319 e. The van der Waals surface area contributed by atoms with E-state index in [0.29, 0.717) is 12.2 Å². The fourth-order valence-electron chi connectivity index (χ4n) is 3.02. The van der Waals surface area contributed by atoms with E-state index in [1.54, 1.807) is 18.3 Å². The molecular formula is C19H21ClN4O2. The number of aromatic nitrogens is 1. The van der Waals surface area contributed by atoms with Crippen LogP contribution in [0.3, 0.4) is 0 Å². The highest BCUT2D eigenvalue weighted by atomic mass is 35.5. The maximum Gasteiger partial charge on any atom is 0.319 e. The van der Waals surface area contributed by atoms with Crippen LogP contribution in [0.4, 0.5) is 16.2 Å². The van der Waals surface area contributed by atoms with E-state index in [1.807, 2.05) is 24.3 Å². The van der Waals surface area contributed by atoms with Crippen LogP contribution in [0.2, 0.25) is 5.15 Å². The molecule has 0 radical (unpaired) electrons. The quantitative estimate of drug-likeness (QED) is 0.688. The molecule has 6 nitrogen and oxygen atoms in total. The third-order valence-electron chi connectivity index (χ3n) is 4.38. The highest BCUT2D eigenvalue weighted by molar-refractivity contribution is 6.32. The number of carbonyl (C=O) groups is 2. The zero-order valence-electron chi connectivity index (χ0n) is 14.3. The number of amides is 3. The third-order valence-corrected chi connectivity index (χ3v) is 4.68. The number of rotatable bonds is 5. The fraction of sp³-hybridized carbons (Fsp3) is 0.316. The van der Waals surface area contributed by atoms with Gasteiger partial charge in [0.15, 0.2) is 5.15 Å². The first-order valence-electron chi connectivity index (χ1n) is 8.67. The second-order valence-corrected chi connectivity index (χ2v) is 6.68. The molecule has 3 rings (SSSR count). The molecule has 3 N–H and O–H groups in total. The van der Waals surface area contributed by atoms with Gasteiger partial charge in [-0.15, -0.1) is 0 Å². The standard InChI is InChI=1S/C19H21ClN4O2/c20-17-16(9-4-10-21-17)24-19(26)22-12-13-5-3-8-15(11-13)23-18(25)14-6-1-2-7-14/h3-5,8-11,14H,1-2,6-7,12H2,(H,23,25)(H2,22,24,26). The number of pyridine rings is 1. The van der Waals surface area contributed by atoms with E-state index in [0.717, 1.165) is 36.9 Å². The molecule has 1 fully saturated rings. The van der Waals surface area contributed by atoms with Crippen LogP contribution in [0.5, 0.6) is 0 Å². The minimum atomic E-state index is -0.375. The van der Waals surface area contributed by atoms with Crippen LogP contribution in [0.25, 0.3) is 0 Å². The Bertz CT molecular complexity index is 791. The molecule has 26 heavy (non-hydrogen) atoms. The molecule has 1 aliphatic rings. The van der Waals surface area contributed by atoms with E-state index in [4.69, 9.17) is 11.6 Å². The Labute approximate surface area is 157 Å². The number of anilines is 2. The molecule has 0 saturated heterocycles. The van der Waals surface area contributed by atoms with E-state index < -0.39 is 0 Å². The van der Waals surface area contributed by atoms with Gasteiger partial charge in [-0.05, 0) is 42.7 Å². The molecule has 7 heteroatoms. The molecule has 2 aromatic rings. The monoisotopic (exact) mass is 372 g/mol. The molecule has 1 heterocycles. The molecule has 136 valence electrons. The Morgan fingerprint density at radius 2 is 1.92 bits per heavy atom. The molecule has 1 aliphatic carbocycles. The maximum absolute atomic E-state index is 12.2. The maximum atomic E-state index is 12.2. The number of urea groups is 1. The molecule has 0 aliphatic heterocycles. The van der Waals surface area contributed by atoms with Crippen LogP contribution >= 0.6 is 11.6 Å². The van der Waals surface area contributed by atoms with E-state index in [9.17, 15) is 9.59 Å².